The van der Waals surface area contributed by atoms with Crippen molar-refractivity contribution in [1.82, 2.24) is 14.5 Å². The van der Waals surface area contributed by atoms with Gasteiger partial charge in [-0.15, -0.1) is 0 Å². The Morgan fingerprint density at radius 3 is 2.31 bits per heavy atom. The van der Waals surface area contributed by atoms with Crippen molar-refractivity contribution in [1.29, 1.82) is 0 Å². The van der Waals surface area contributed by atoms with Gasteiger partial charge >= 0.3 is 0 Å². The number of nitrogens with one attached hydrogen (secondary N) is 1. The summed E-state index contributed by atoms with van der Waals surface area (Å²) < 4.78 is 54.3. The first-order valence-corrected chi connectivity index (χ1v) is 13.1. The highest BCUT2D eigenvalue weighted by Gasteiger charge is 2.47. The maximum Gasteiger partial charge on any atom is 0.253 e. The third kappa shape index (κ3) is 5.61. The summed E-state index contributed by atoms with van der Waals surface area (Å²) in [6, 6.07) is 5.22. The van der Waals surface area contributed by atoms with Crippen molar-refractivity contribution < 1.29 is 22.0 Å². The van der Waals surface area contributed by atoms with Gasteiger partial charge in [0.2, 0.25) is 15.9 Å². The van der Waals surface area contributed by atoms with E-state index in [1.807, 2.05) is 6.92 Å². The van der Waals surface area contributed by atoms with Crippen LogP contribution in [0.4, 0.5) is 8.78 Å². The number of nitrogens with zero attached hydrogens (tertiary/aromatic N) is 2. The summed E-state index contributed by atoms with van der Waals surface area (Å²) >= 11 is 6.22. The number of hydrogen-bond donors (Lipinski definition) is 1. The molecule has 2 aliphatic rings. The predicted molar refractivity (Wildman–Crippen MR) is 122 cm³/mol. The van der Waals surface area contributed by atoms with Crippen molar-refractivity contribution in [2.24, 2.45) is 0 Å². The van der Waals surface area contributed by atoms with Crippen LogP contribution in [0.1, 0.15) is 54.9 Å². The molecule has 32 heavy (non-hydrogen) atoms. The topological polar surface area (TPSA) is 69.7 Å². The Kier molecular flexibility index (Phi) is 7.85. The third-order valence-corrected chi connectivity index (χ3v) is 9.10. The van der Waals surface area contributed by atoms with E-state index < -0.39 is 21.5 Å². The van der Waals surface area contributed by atoms with Crippen LogP contribution in [0.15, 0.2) is 18.2 Å². The van der Waals surface area contributed by atoms with Gasteiger partial charge in [0.25, 0.3) is 5.91 Å². The Bertz CT molecular complexity index is 904. The van der Waals surface area contributed by atoms with E-state index in [4.69, 9.17) is 11.6 Å². The van der Waals surface area contributed by atoms with Gasteiger partial charge in [0.05, 0.1) is 16.3 Å². The summed E-state index contributed by atoms with van der Waals surface area (Å²) in [7, 11) is -3.29. The third-order valence-electron chi connectivity index (χ3n) is 6.70. The zero-order valence-electron chi connectivity index (χ0n) is 18.7. The molecule has 1 N–H and O–H groups in total. The standard InChI is InChI=1S/C22H32ClF2N3O3S/c1-3-15-32(30,31)28-13-11-27(12-14-28)21(7-9-22(24,25)10-8-21)16-26-20(29)19-17(2)5-4-6-18(19)23/h4-6H,3,7-16H2,1-2H3,(H,26,29). The van der Waals surface area contributed by atoms with Gasteiger partial charge in [-0.1, -0.05) is 30.7 Å². The lowest BCUT2D eigenvalue weighted by atomic mass is 9.78. The van der Waals surface area contributed by atoms with Crippen LogP contribution in [0.5, 0.6) is 0 Å². The van der Waals surface area contributed by atoms with Crippen LogP contribution >= 0.6 is 11.6 Å². The first-order valence-electron chi connectivity index (χ1n) is 11.1. The number of piperazine rings is 1. The Hall–Kier alpha value is -1.29. The molecule has 1 saturated heterocycles. The van der Waals surface area contributed by atoms with E-state index in [0.717, 1.165) is 5.56 Å². The van der Waals surface area contributed by atoms with Gasteiger partial charge in [0, 0.05) is 51.1 Å². The van der Waals surface area contributed by atoms with Crippen LogP contribution in [0.2, 0.25) is 5.02 Å². The van der Waals surface area contributed by atoms with Gasteiger partial charge in [-0.05, 0) is 37.8 Å². The van der Waals surface area contributed by atoms with Crippen molar-refractivity contribution in [3.8, 4) is 0 Å². The Morgan fingerprint density at radius 2 is 1.75 bits per heavy atom. The highest BCUT2D eigenvalue weighted by Crippen LogP contribution is 2.42. The number of halogens is 3. The first kappa shape index (κ1) is 25.3. The molecule has 0 spiro atoms. The largest absolute Gasteiger partial charge is 0.350 e. The predicted octanol–water partition coefficient (Wildman–Crippen LogP) is 3.68. The molecular weight excluding hydrogens is 460 g/mol. The summed E-state index contributed by atoms with van der Waals surface area (Å²) in [6.07, 6.45) is 0.534. The van der Waals surface area contributed by atoms with Crippen molar-refractivity contribution in [3.63, 3.8) is 0 Å². The lowest BCUT2D eigenvalue weighted by molar-refractivity contribution is -0.0856. The van der Waals surface area contributed by atoms with E-state index in [0.29, 0.717) is 43.2 Å². The molecule has 180 valence electrons. The minimum Gasteiger partial charge on any atom is -0.350 e. The van der Waals surface area contributed by atoms with Gasteiger partial charge in [-0.3, -0.25) is 9.69 Å². The zero-order chi connectivity index (χ0) is 23.6. The van der Waals surface area contributed by atoms with E-state index in [2.05, 4.69) is 10.2 Å². The molecule has 0 aromatic heterocycles. The fraction of sp³-hybridized carbons (Fsp3) is 0.682. The number of carbonyl (C=O) groups is 1. The van der Waals surface area contributed by atoms with Crippen LogP contribution in [-0.2, 0) is 10.0 Å². The van der Waals surface area contributed by atoms with E-state index in [-0.39, 0.29) is 43.9 Å². The number of carbonyl (C=O) groups excluding carboxylic acids is 1. The van der Waals surface area contributed by atoms with Crippen LogP contribution in [0, 0.1) is 6.92 Å². The van der Waals surface area contributed by atoms with E-state index >= 15 is 0 Å². The molecule has 0 radical (unpaired) electrons. The van der Waals surface area contributed by atoms with E-state index in [1.165, 1.54) is 4.31 Å². The van der Waals surface area contributed by atoms with Crippen LogP contribution in [0.3, 0.4) is 0 Å². The number of sulfonamides is 1. The molecule has 1 aliphatic carbocycles. The minimum absolute atomic E-state index is 0.109. The molecule has 1 saturated carbocycles. The Labute approximate surface area is 194 Å². The summed E-state index contributed by atoms with van der Waals surface area (Å²) in [5.74, 6) is -2.93. The van der Waals surface area contributed by atoms with Crippen LogP contribution in [0.25, 0.3) is 0 Å². The Balaban J connectivity index is 1.74. The molecule has 1 aromatic carbocycles. The number of rotatable bonds is 7. The molecule has 1 aliphatic heterocycles. The summed E-state index contributed by atoms with van der Waals surface area (Å²) in [6.45, 7) is 5.41. The second-order valence-corrected chi connectivity index (χ2v) is 11.4. The summed E-state index contributed by atoms with van der Waals surface area (Å²) in [5.41, 5.74) is 0.502. The van der Waals surface area contributed by atoms with Gasteiger partial charge < -0.3 is 5.32 Å². The average Bonchev–Trinajstić information content (AvgIpc) is 2.73. The Morgan fingerprint density at radius 1 is 1.12 bits per heavy atom. The van der Waals surface area contributed by atoms with Gasteiger partial charge in [-0.25, -0.2) is 17.2 Å². The van der Waals surface area contributed by atoms with E-state index in [9.17, 15) is 22.0 Å². The fourth-order valence-electron chi connectivity index (χ4n) is 4.77. The number of aryl methyl sites for hydroxylation is 1. The highest BCUT2D eigenvalue weighted by atomic mass is 35.5. The van der Waals surface area contributed by atoms with Crippen molar-refractivity contribution >= 4 is 27.5 Å². The molecule has 0 bridgehead atoms. The number of benzene rings is 1. The SMILES string of the molecule is CCCS(=O)(=O)N1CCN(C2(CNC(=O)c3c(C)cccc3Cl)CCC(F)(F)CC2)CC1. The van der Waals surface area contributed by atoms with E-state index in [1.54, 1.807) is 25.1 Å². The van der Waals surface area contributed by atoms with Crippen molar-refractivity contribution in [2.75, 3.05) is 38.5 Å². The van der Waals surface area contributed by atoms with Gasteiger partial charge in [0.15, 0.2) is 0 Å². The quantitative estimate of drug-likeness (QED) is 0.631. The molecule has 10 heteroatoms. The fourth-order valence-corrected chi connectivity index (χ4v) is 6.57. The van der Waals surface area contributed by atoms with Crippen molar-refractivity contribution in [2.45, 2.75) is 57.4 Å². The molecule has 1 amide bonds. The highest BCUT2D eigenvalue weighted by molar-refractivity contribution is 7.89. The molecular formula is C22H32ClF2N3O3S. The number of alkyl halides is 2. The second-order valence-electron chi connectivity index (χ2n) is 8.90. The minimum atomic E-state index is -3.29. The lowest BCUT2D eigenvalue weighted by Crippen LogP contribution is -2.63. The van der Waals surface area contributed by atoms with Crippen LogP contribution < -0.4 is 5.32 Å². The smallest absolute Gasteiger partial charge is 0.253 e. The molecule has 6 nitrogen and oxygen atoms in total. The molecule has 1 heterocycles. The molecule has 1 aromatic rings. The zero-order valence-corrected chi connectivity index (χ0v) is 20.2. The maximum absolute atomic E-state index is 14.0. The summed E-state index contributed by atoms with van der Waals surface area (Å²) in [4.78, 5) is 15.0. The van der Waals surface area contributed by atoms with Crippen molar-refractivity contribution in [3.05, 3.63) is 34.3 Å². The monoisotopic (exact) mass is 491 g/mol. The number of amides is 1. The normalized spacial score (nSPS) is 21.9. The maximum atomic E-state index is 14.0. The molecule has 2 fully saturated rings. The molecule has 0 unspecified atom stereocenters. The van der Waals surface area contributed by atoms with Gasteiger partial charge in [-0.2, -0.15) is 4.31 Å². The molecule has 3 rings (SSSR count). The molecule has 0 atom stereocenters. The second kappa shape index (κ2) is 9.91. The lowest BCUT2D eigenvalue weighted by Gasteiger charge is -2.50. The van der Waals surface area contributed by atoms with Crippen LogP contribution in [-0.4, -0.2) is 73.5 Å². The summed E-state index contributed by atoms with van der Waals surface area (Å²) in [5, 5.41) is 3.28. The average molecular weight is 492 g/mol. The van der Waals surface area contributed by atoms with Gasteiger partial charge in [0.1, 0.15) is 0 Å². The number of hydrogen-bond acceptors (Lipinski definition) is 4. The first-order chi connectivity index (χ1) is 15.0.